The lowest BCUT2D eigenvalue weighted by Crippen LogP contribution is -2.17. The largest absolute Gasteiger partial charge is 0.485 e. The summed E-state index contributed by atoms with van der Waals surface area (Å²) in [5.41, 5.74) is 6.77. The van der Waals surface area contributed by atoms with Gasteiger partial charge >= 0.3 is 0 Å². The number of aldehydes is 1. The maximum absolute atomic E-state index is 11.0. The Bertz CT molecular complexity index is 653. The first kappa shape index (κ1) is 11.9. The van der Waals surface area contributed by atoms with E-state index in [0.717, 1.165) is 0 Å². The summed E-state index contributed by atoms with van der Waals surface area (Å²) in [5.74, 6) is 0.910. The highest BCUT2D eigenvalue weighted by Gasteiger charge is 2.25. The van der Waals surface area contributed by atoms with E-state index in [1.54, 1.807) is 0 Å². The molecule has 19 heavy (non-hydrogen) atoms. The van der Waals surface area contributed by atoms with Crippen LogP contribution in [-0.2, 0) is 0 Å². The fourth-order valence-corrected chi connectivity index (χ4v) is 2.23. The van der Waals surface area contributed by atoms with Gasteiger partial charge in [0, 0.05) is 6.07 Å². The molecule has 0 spiro atoms. The highest BCUT2D eigenvalue weighted by Crippen LogP contribution is 2.46. The van der Waals surface area contributed by atoms with E-state index < -0.39 is 0 Å². The van der Waals surface area contributed by atoms with Crippen LogP contribution in [0.5, 0.6) is 11.5 Å². The Hall–Kier alpha value is -2.21. The third-order valence-corrected chi connectivity index (χ3v) is 3.00. The normalized spacial score (nSPS) is 13.3. The molecule has 98 valence electrons. The average Bonchev–Trinajstić information content (AvgIpc) is 2.84. The number of fused-ring (bicyclic) bond motifs is 1. The van der Waals surface area contributed by atoms with Crippen molar-refractivity contribution in [1.29, 1.82) is 0 Å². The molecule has 2 heterocycles. The van der Waals surface area contributed by atoms with Crippen molar-refractivity contribution in [3.63, 3.8) is 0 Å². The molecule has 0 unspecified atom stereocenters. The molecule has 0 saturated heterocycles. The van der Waals surface area contributed by atoms with E-state index in [-0.39, 0.29) is 5.88 Å². The number of nitrogens with zero attached hydrogens (tertiary/aromatic N) is 1. The number of nitrogen functional groups attached to an aromatic ring is 1. The number of rotatable bonds is 2. The number of carbonyl (C=O) groups is 1. The van der Waals surface area contributed by atoms with Gasteiger partial charge in [0.1, 0.15) is 18.9 Å². The highest BCUT2D eigenvalue weighted by molar-refractivity contribution is 6.34. The minimum atomic E-state index is 0.163. The van der Waals surface area contributed by atoms with Crippen LogP contribution in [0.15, 0.2) is 16.7 Å². The van der Waals surface area contributed by atoms with Gasteiger partial charge in [0.2, 0.25) is 5.88 Å². The van der Waals surface area contributed by atoms with Crippen molar-refractivity contribution >= 4 is 23.8 Å². The monoisotopic (exact) mass is 280 g/mol. The second kappa shape index (κ2) is 4.47. The number of carbonyl (C=O) groups excluding carboxylic acids is 1. The van der Waals surface area contributed by atoms with E-state index in [9.17, 15) is 4.79 Å². The van der Waals surface area contributed by atoms with Gasteiger partial charge < -0.3 is 19.7 Å². The third kappa shape index (κ3) is 1.90. The highest BCUT2D eigenvalue weighted by atomic mass is 35.5. The summed E-state index contributed by atoms with van der Waals surface area (Å²) in [5, 5.41) is 4.12. The Morgan fingerprint density at radius 2 is 2.00 bits per heavy atom. The summed E-state index contributed by atoms with van der Waals surface area (Å²) in [4.78, 5) is 11.0. The number of anilines is 1. The lowest BCUT2D eigenvalue weighted by atomic mass is 10.1. The van der Waals surface area contributed by atoms with Crippen molar-refractivity contribution in [1.82, 2.24) is 5.16 Å². The first-order valence-electron chi connectivity index (χ1n) is 5.50. The SMILES string of the molecule is Nc1cc(-c2c(Cl)cc(C=O)c3c2OCCO3)no1. The van der Waals surface area contributed by atoms with Gasteiger partial charge in [0.05, 0.1) is 16.1 Å². The van der Waals surface area contributed by atoms with Crippen molar-refractivity contribution in [3.8, 4) is 22.8 Å². The van der Waals surface area contributed by atoms with E-state index in [2.05, 4.69) is 5.16 Å². The molecular weight excluding hydrogens is 272 g/mol. The quantitative estimate of drug-likeness (QED) is 0.848. The third-order valence-electron chi connectivity index (χ3n) is 2.70. The number of aromatic nitrogens is 1. The second-order valence-electron chi connectivity index (χ2n) is 3.91. The van der Waals surface area contributed by atoms with Gasteiger partial charge in [-0.3, -0.25) is 4.79 Å². The molecule has 6 nitrogen and oxygen atoms in total. The molecule has 0 atom stereocenters. The zero-order chi connectivity index (χ0) is 13.4. The lowest BCUT2D eigenvalue weighted by molar-refractivity contribution is 0.111. The number of halogens is 1. The van der Waals surface area contributed by atoms with Crippen molar-refractivity contribution < 1.29 is 18.8 Å². The van der Waals surface area contributed by atoms with Crippen LogP contribution in [0, 0.1) is 0 Å². The molecule has 2 aromatic rings. The van der Waals surface area contributed by atoms with Gasteiger partial charge in [-0.05, 0) is 6.07 Å². The first-order chi connectivity index (χ1) is 9.20. The average molecular weight is 281 g/mol. The van der Waals surface area contributed by atoms with Crippen LogP contribution in [0.2, 0.25) is 5.02 Å². The molecule has 7 heteroatoms. The zero-order valence-electron chi connectivity index (χ0n) is 9.68. The standard InChI is InChI=1S/C12H9ClN2O4/c13-7-3-6(5-16)11-12(18-2-1-17-11)10(7)8-4-9(14)19-15-8/h3-5H,1-2,14H2. The van der Waals surface area contributed by atoms with Gasteiger partial charge in [-0.2, -0.15) is 0 Å². The molecule has 0 saturated carbocycles. The summed E-state index contributed by atoms with van der Waals surface area (Å²) in [6.45, 7) is 0.738. The van der Waals surface area contributed by atoms with Gasteiger partial charge in [-0.25, -0.2) is 0 Å². The molecular formula is C12H9ClN2O4. The van der Waals surface area contributed by atoms with Gasteiger partial charge in [0.15, 0.2) is 17.8 Å². The van der Waals surface area contributed by atoms with Crippen LogP contribution in [0.1, 0.15) is 10.4 Å². The Morgan fingerprint density at radius 1 is 1.26 bits per heavy atom. The molecule has 0 amide bonds. The summed E-state index contributed by atoms with van der Waals surface area (Å²) < 4.78 is 15.8. The van der Waals surface area contributed by atoms with Gasteiger partial charge in [-0.15, -0.1) is 0 Å². The number of hydrogen-bond acceptors (Lipinski definition) is 6. The predicted molar refractivity (Wildman–Crippen MR) is 67.7 cm³/mol. The van der Waals surface area contributed by atoms with Gasteiger partial charge in [-0.1, -0.05) is 16.8 Å². The Balaban J connectivity index is 2.27. The van der Waals surface area contributed by atoms with Crippen LogP contribution < -0.4 is 15.2 Å². The van der Waals surface area contributed by atoms with E-state index in [0.29, 0.717) is 52.8 Å². The number of nitrogens with two attached hydrogens (primary N) is 1. The molecule has 0 radical (unpaired) electrons. The van der Waals surface area contributed by atoms with Crippen LogP contribution >= 0.6 is 11.6 Å². The van der Waals surface area contributed by atoms with E-state index in [4.69, 9.17) is 31.3 Å². The summed E-state index contributed by atoms with van der Waals surface area (Å²) in [7, 11) is 0. The fourth-order valence-electron chi connectivity index (χ4n) is 1.93. The van der Waals surface area contributed by atoms with Crippen LogP contribution in [0.4, 0.5) is 5.88 Å². The topological polar surface area (TPSA) is 87.6 Å². The zero-order valence-corrected chi connectivity index (χ0v) is 10.4. The smallest absolute Gasteiger partial charge is 0.222 e. The molecule has 0 aliphatic carbocycles. The molecule has 3 rings (SSSR count). The van der Waals surface area contributed by atoms with Crippen LogP contribution in [-0.4, -0.2) is 24.7 Å². The molecule has 1 aromatic carbocycles. The summed E-state index contributed by atoms with van der Waals surface area (Å²) in [6, 6.07) is 3.03. The molecule has 1 aromatic heterocycles. The summed E-state index contributed by atoms with van der Waals surface area (Å²) in [6.07, 6.45) is 0.667. The number of ether oxygens (including phenoxy) is 2. The van der Waals surface area contributed by atoms with E-state index in [1.807, 2.05) is 0 Å². The van der Waals surface area contributed by atoms with Crippen molar-refractivity contribution in [3.05, 3.63) is 22.7 Å². The maximum atomic E-state index is 11.0. The predicted octanol–water partition coefficient (Wildman–Crippen LogP) is 2.16. The first-order valence-corrected chi connectivity index (χ1v) is 5.88. The number of benzene rings is 1. The van der Waals surface area contributed by atoms with Crippen LogP contribution in [0.25, 0.3) is 11.3 Å². The van der Waals surface area contributed by atoms with E-state index >= 15 is 0 Å². The molecule has 2 N–H and O–H groups in total. The van der Waals surface area contributed by atoms with Crippen molar-refractivity contribution in [2.45, 2.75) is 0 Å². The summed E-state index contributed by atoms with van der Waals surface area (Å²) >= 11 is 6.17. The second-order valence-corrected chi connectivity index (χ2v) is 4.32. The van der Waals surface area contributed by atoms with Gasteiger partial charge in [0.25, 0.3) is 0 Å². The Labute approximate surface area is 113 Å². The maximum Gasteiger partial charge on any atom is 0.222 e. The molecule has 1 aliphatic heterocycles. The fraction of sp³-hybridized carbons (Fsp3) is 0.167. The number of hydrogen-bond donors (Lipinski definition) is 1. The van der Waals surface area contributed by atoms with Crippen LogP contribution in [0.3, 0.4) is 0 Å². The minimum Gasteiger partial charge on any atom is -0.485 e. The minimum absolute atomic E-state index is 0.163. The Kier molecular flexibility index (Phi) is 2.79. The molecule has 0 bridgehead atoms. The van der Waals surface area contributed by atoms with Crippen molar-refractivity contribution in [2.75, 3.05) is 18.9 Å². The Morgan fingerprint density at radius 3 is 2.63 bits per heavy atom. The lowest BCUT2D eigenvalue weighted by Gasteiger charge is -2.22. The molecule has 1 aliphatic rings. The van der Waals surface area contributed by atoms with E-state index in [1.165, 1.54) is 12.1 Å². The van der Waals surface area contributed by atoms with Crippen molar-refractivity contribution in [2.24, 2.45) is 0 Å². The molecule has 0 fully saturated rings.